The van der Waals surface area contributed by atoms with E-state index in [9.17, 15) is 0 Å². The Balaban J connectivity index is -0.000000187. The zero-order chi connectivity index (χ0) is 17.0. The Labute approximate surface area is 130 Å². The lowest BCUT2D eigenvalue weighted by molar-refractivity contribution is 0.122. The number of rotatable bonds is 8. The maximum atomic E-state index is 5.10. The highest BCUT2D eigenvalue weighted by atomic mass is 16.5. The molecule has 0 aromatic heterocycles. The van der Waals surface area contributed by atoms with Crippen LogP contribution < -0.4 is 0 Å². The fraction of sp³-hybridized carbons (Fsp3) is 1.00. The Hall–Kier alpha value is -0.120. The van der Waals surface area contributed by atoms with Gasteiger partial charge < -0.3 is 9.64 Å². The molecule has 0 saturated carbocycles. The first-order valence-corrected chi connectivity index (χ1v) is 8.49. The fourth-order valence-electron chi connectivity index (χ4n) is 1.53. The molecule has 0 fully saturated rings. The molecule has 0 radical (unpaired) electrons. The summed E-state index contributed by atoms with van der Waals surface area (Å²) in [6.07, 6.45) is 1.23. The molecule has 3 heteroatoms. The van der Waals surface area contributed by atoms with Crippen LogP contribution >= 0.6 is 0 Å². The van der Waals surface area contributed by atoms with Crippen molar-refractivity contribution in [3.63, 3.8) is 0 Å². The second-order valence-corrected chi connectivity index (χ2v) is 4.06. The van der Waals surface area contributed by atoms with Gasteiger partial charge in [0.15, 0.2) is 0 Å². The second kappa shape index (κ2) is 27.3. The van der Waals surface area contributed by atoms with Crippen molar-refractivity contribution < 1.29 is 4.74 Å². The molecule has 128 valence electrons. The summed E-state index contributed by atoms with van der Waals surface area (Å²) in [5, 5.41) is 0. The number of methoxy groups -OCH3 is 1. The summed E-state index contributed by atoms with van der Waals surface area (Å²) < 4.78 is 5.10. The zero-order valence-corrected chi connectivity index (χ0v) is 16.4. The predicted octanol–water partition coefficient (Wildman–Crippen LogP) is 4.37. The van der Waals surface area contributed by atoms with Crippen LogP contribution in [0.4, 0.5) is 0 Å². The first-order chi connectivity index (χ1) is 9.61. The third kappa shape index (κ3) is 23.0. The van der Waals surface area contributed by atoms with E-state index >= 15 is 0 Å². The summed E-state index contributed by atoms with van der Waals surface area (Å²) in [6.45, 7) is 20.6. The van der Waals surface area contributed by atoms with Gasteiger partial charge in [0.25, 0.3) is 0 Å². The number of nitrogens with zero attached hydrogens (tertiary/aromatic N) is 2. The van der Waals surface area contributed by atoms with Crippen molar-refractivity contribution in [2.75, 3.05) is 47.4 Å². The van der Waals surface area contributed by atoms with E-state index in [-0.39, 0.29) is 0 Å². The van der Waals surface area contributed by atoms with E-state index in [0.717, 1.165) is 26.2 Å². The highest BCUT2D eigenvalue weighted by Crippen LogP contribution is 2.03. The van der Waals surface area contributed by atoms with Crippen LogP contribution in [0, 0.1) is 0 Å². The van der Waals surface area contributed by atoms with E-state index in [1.807, 2.05) is 41.5 Å². The molecule has 20 heavy (non-hydrogen) atoms. The second-order valence-electron chi connectivity index (χ2n) is 4.06. The van der Waals surface area contributed by atoms with Crippen LogP contribution in [0.15, 0.2) is 0 Å². The molecule has 0 aliphatic heterocycles. The van der Waals surface area contributed by atoms with Gasteiger partial charge in [0.1, 0.15) is 0 Å². The van der Waals surface area contributed by atoms with E-state index in [1.165, 1.54) is 6.42 Å². The van der Waals surface area contributed by atoms with Gasteiger partial charge in [0, 0.05) is 19.7 Å². The Morgan fingerprint density at radius 3 is 1.65 bits per heavy atom. The van der Waals surface area contributed by atoms with Gasteiger partial charge in [-0.05, 0) is 40.5 Å². The highest BCUT2D eigenvalue weighted by Gasteiger charge is 2.11. The average Bonchev–Trinajstić information content (AvgIpc) is 2.52. The number of hydrogen-bond acceptors (Lipinski definition) is 3. The van der Waals surface area contributed by atoms with Gasteiger partial charge in [-0.1, -0.05) is 48.5 Å². The molecular weight excluding hydrogens is 248 g/mol. The van der Waals surface area contributed by atoms with E-state index in [2.05, 4.69) is 37.7 Å². The van der Waals surface area contributed by atoms with Gasteiger partial charge >= 0.3 is 0 Å². The summed E-state index contributed by atoms with van der Waals surface area (Å²) in [5.74, 6) is 0. The largest absolute Gasteiger partial charge is 0.383 e. The van der Waals surface area contributed by atoms with Crippen molar-refractivity contribution in [1.82, 2.24) is 9.80 Å². The van der Waals surface area contributed by atoms with E-state index in [0.29, 0.717) is 6.04 Å². The SMILES string of the molecule is CC.CC.CC.CCN(CCOC)C(C)CCN(C)C. The van der Waals surface area contributed by atoms with E-state index in [4.69, 9.17) is 4.74 Å². The first kappa shape index (κ1) is 28.1. The minimum Gasteiger partial charge on any atom is -0.383 e. The molecule has 0 amide bonds. The van der Waals surface area contributed by atoms with Gasteiger partial charge in [-0.2, -0.15) is 0 Å². The molecule has 0 aliphatic carbocycles. The van der Waals surface area contributed by atoms with Crippen LogP contribution in [0.5, 0.6) is 0 Å². The Kier molecular flexibility index (Phi) is 38.3. The van der Waals surface area contributed by atoms with Crippen LogP contribution in [0.3, 0.4) is 0 Å². The Bertz CT molecular complexity index is 130. The van der Waals surface area contributed by atoms with Crippen LogP contribution in [0.1, 0.15) is 61.8 Å². The topological polar surface area (TPSA) is 15.7 Å². The lowest BCUT2D eigenvalue weighted by Gasteiger charge is -2.28. The van der Waals surface area contributed by atoms with Gasteiger partial charge in [0.2, 0.25) is 0 Å². The number of ether oxygens (including phenoxy) is 1. The minimum atomic E-state index is 0.651. The molecule has 0 spiro atoms. The fourth-order valence-corrected chi connectivity index (χ4v) is 1.53. The van der Waals surface area contributed by atoms with Gasteiger partial charge in [-0.25, -0.2) is 0 Å². The van der Waals surface area contributed by atoms with Crippen LogP contribution in [0.2, 0.25) is 0 Å². The summed E-state index contributed by atoms with van der Waals surface area (Å²) >= 11 is 0. The molecule has 1 unspecified atom stereocenters. The van der Waals surface area contributed by atoms with Crippen LogP contribution in [0.25, 0.3) is 0 Å². The molecule has 1 atom stereocenters. The Morgan fingerprint density at radius 2 is 1.35 bits per heavy atom. The van der Waals surface area contributed by atoms with Crippen molar-refractivity contribution in [1.29, 1.82) is 0 Å². The number of hydrogen-bond donors (Lipinski definition) is 0. The van der Waals surface area contributed by atoms with E-state index < -0.39 is 0 Å². The first-order valence-electron chi connectivity index (χ1n) is 8.49. The van der Waals surface area contributed by atoms with Crippen molar-refractivity contribution in [2.24, 2.45) is 0 Å². The van der Waals surface area contributed by atoms with Crippen molar-refractivity contribution >= 4 is 0 Å². The highest BCUT2D eigenvalue weighted by molar-refractivity contribution is 4.66. The van der Waals surface area contributed by atoms with Crippen LogP contribution in [-0.2, 0) is 4.74 Å². The monoisotopic (exact) mass is 292 g/mol. The van der Waals surface area contributed by atoms with Gasteiger partial charge in [-0.15, -0.1) is 0 Å². The normalized spacial score (nSPS) is 10.7. The maximum Gasteiger partial charge on any atom is 0.0589 e. The summed E-state index contributed by atoms with van der Waals surface area (Å²) in [5.41, 5.74) is 0. The average molecular weight is 293 g/mol. The lowest BCUT2D eigenvalue weighted by Crippen LogP contribution is -2.37. The standard InChI is InChI=1S/C11H26N2O.3C2H6/c1-6-13(9-10-14-5)11(2)7-8-12(3)4;3*1-2/h11H,6-10H2,1-5H3;3*1-2H3. The molecule has 3 nitrogen and oxygen atoms in total. The summed E-state index contributed by atoms with van der Waals surface area (Å²) in [4.78, 5) is 4.70. The molecule has 0 aliphatic rings. The van der Waals surface area contributed by atoms with Crippen molar-refractivity contribution in [2.45, 2.75) is 67.9 Å². The predicted molar refractivity (Wildman–Crippen MR) is 95.8 cm³/mol. The molecule has 0 rings (SSSR count). The van der Waals surface area contributed by atoms with Gasteiger partial charge in [0.05, 0.1) is 6.61 Å². The van der Waals surface area contributed by atoms with Crippen molar-refractivity contribution in [3.8, 4) is 0 Å². The zero-order valence-electron chi connectivity index (χ0n) is 16.4. The molecule has 0 N–H and O–H groups in total. The molecule has 0 bridgehead atoms. The molecule has 0 saturated heterocycles. The molecule has 0 aromatic carbocycles. The molecular formula is C17H44N2O. The van der Waals surface area contributed by atoms with Crippen molar-refractivity contribution in [3.05, 3.63) is 0 Å². The maximum absolute atomic E-state index is 5.10. The molecule has 0 heterocycles. The quantitative estimate of drug-likeness (QED) is 0.660. The summed E-state index contributed by atoms with van der Waals surface area (Å²) in [6, 6.07) is 0.651. The lowest BCUT2D eigenvalue weighted by atomic mass is 10.2. The van der Waals surface area contributed by atoms with Gasteiger partial charge in [-0.3, -0.25) is 4.90 Å². The molecule has 0 aromatic rings. The third-order valence-electron chi connectivity index (χ3n) is 2.61. The summed E-state index contributed by atoms with van der Waals surface area (Å²) in [7, 11) is 6.01. The number of likely N-dealkylation sites (N-methyl/N-ethyl adjacent to an activating group) is 1. The third-order valence-corrected chi connectivity index (χ3v) is 2.61. The van der Waals surface area contributed by atoms with Crippen LogP contribution in [-0.4, -0.2) is 63.3 Å². The smallest absolute Gasteiger partial charge is 0.0589 e. The van der Waals surface area contributed by atoms with E-state index in [1.54, 1.807) is 7.11 Å². The minimum absolute atomic E-state index is 0.651. The Morgan fingerprint density at radius 1 is 0.900 bits per heavy atom.